The Labute approximate surface area is 327 Å². The monoisotopic (exact) mass is 797 g/mol. The minimum absolute atomic E-state index is 0.0590. The van der Waals surface area contributed by atoms with E-state index in [1.54, 1.807) is 30.5 Å². The highest BCUT2D eigenvalue weighted by Gasteiger charge is 2.25. The average molecular weight is 798 g/mol. The van der Waals surface area contributed by atoms with Crippen molar-refractivity contribution >= 4 is 36.0 Å². The second-order valence-corrected chi connectivity index (χ2v) is 11.9. The number of aryl methyl sites for hydroxylation is 1. The number of hydrogen-bond acceptors (Lipinski definition) is 15. The Kier molecular flexibility index (Phi) is 18.0. The van der Waals surface area contributed by atoms with Crippen molar-refractivity contribution in [3.8, 4) is 16.9 Å². The van der Waals surface area contributed by atoms with Crippen LogP contribution in [0, 0.1) is 10.1 Å². The summed E-state index contributed by atoms with van der Waals surface area (Å²) in [7, 11) is 1.44. The molecule has 0 fully saturated rings. The van der Waals surface area contributed by atoms with E-state index in [-0.39, 0.29) is 29.0 Å². The van der Waals surface area contributed by atoms with E-state index in [4.69, 9.17) is 42.1 Å². The molecule has 1 heterocycles. The van der Waals surface area contributed by atoms with Crippen molar-refractivity contribution in [3.05, 3.63) is 116 Å². The fourth-order valence-corrected chi connectivity index (χ4v) is 5.13. The van der Waals surface area contributed by atoms with Gasteiger partial charge in [-0.15, -0.1) is 15.2 Å². The molecule has 0 saturated heterocycles. The number of halogens is 1. The van der Waals surface area contributed by atoms with E-state index in [9.17, 15) is 24.5 Å². The number of hydrazone groups is 1. The Balaban J connectivity index is 0.00000158. The smallest absolute Gasteiger partial charge is 0.468 e. The van der Waals surface area contributed by atoms with Crippen molar-refractivity contribution in [2.75, 3.05) is 20.4 Å². The highest BCUT2D eigenvalue weighted by molar-refractivity contribution is 6.32. The van der Waals surface area contributed by atoms with Crippen molar-refractivity contribution in [2.45, 2.75) is 59.5 Å². The molecule has 0 spiro atoms. The Morgan fingerprint density at radius 2 is 1.75 bits per heavy atom. The van der Waals surface area contributed by atoms with Crippen LogP contribution >= 0.6 is 11.6 Å². The third kappa shape index (κ3) is 13.9. The standard InChI is InChI=1S/C34H38ClN7O9.C3H6O2/c1-4-5-10-29-38-31(35)30(33(43)50-22(2)47-3)40(29)19-23-11-15-25(16-12-23)27-8-6-7-9-28(27)32(36)39-41(37)21-48-34(44)51-26-17-13-24(14-18-26)20-49-42(45)46;1-2-5-3-4/h6-9,11-18,22H,4-5,10,19-21,37H2,1-3H3,(H2,36,39);3H,2H2,1H3. The Bertz CT molecular complexity index is 1920. The van der Waals surface area contributed by atoms with Crippen LogP contribution in [0.25, 0.3) is 11.1 Å². The van der Waals surface area contributed by atoms with Gasteiger partial charge in [0.15, 0.2) is 29.7 Å². The predicted octanol–water partition coefficient (Wildman–Crippen LogP) is 5.60. The number of carbonyl (C=O) groups is 3. The molecule has 0 bridgehead atoms. The van der Waals surface area contributed by atoms with Gasteiger partial charge in [0.1, 0.15) is 18.2 Å². The maximum atomic E-state index is 13.0. The number of benzene rings is 3. The molecule has 1 atom stereocenters. The van der Waals surface area contributed by atoms with Crippen LogP contribution in [0.15, 0.2) is 77.9 Å². The van der Waals surface area contributed by atoms with E-state index in [1.807, 2.05) is 36.4 Å². The molecule has 1 aromatic heterocycles. The van der Waals surface area contributed by atoms with Crippen LogP contribution < -0.4 is 16.3 Å². The molecular formula is C37H44ClN7O11. The van der Waals surface area contributed by atoms with E-state index >= 15 is 0 Å². The molecule has 0 amide bonds. The third-order valence-corrected chi connectivity index (χ3v) is 7.88. The number of esters is 1. The van der Waals surface area contributed by atoms with E-state index in [1.165, 1.54) is 31.4 Å². The number of ether oxygens (including phenoxy) is 5. The maximum Gasteiger partial charge on any atom is 0.515 e. The van der Waals surface area contributed by atoms with Crippen LogP contribution in [0.3, 0.4) is 0 Å². The molecule has 0 aliphatic rings. The highest BCUT2D eigenvalue weighted by Crippen LogP contribution is 2.26. The summed E-state index contributed by atoms with van der Waals surface area (Å²) in [5.74, 6) is 6.18. The minimum Gasteiger partial charge on any atom is -0.468 e. The molecule has 1 unspecified atom stereocenters. The number of nitrogens with two attached hydrogens (primary N) is 2. The van der Waals surface area contributed by atoms with Gasteiger partial charge < -0.3 is 38.8 Å². The molecule has 300 valence electrons. The zero-order valence-corrected chi connectivity index (χ0v) is 32.0. The largest absolute Gasteiger partial charge is 0.515 e. The molecule has 4 aromatic rings. The number of unbranched alkanes of at least 4 members (excludes halogenated alkanes) is 1. The van der Waals surface area contributed by atoms with Gasteiger partial charge in [0.2, 0.25) is 0 Å². The van der Waals surface area contributed by atoms with E-state index in [0.29, 0.717) is 43.0 Å². The van der Waals surface area contributed by atoms with Gasteiger partial charge >= 0.3 is 12.1 Å². The van der Waals surface area contributed by atoms with Gasteiger partial charge in [0.05, 0.1) is 6.61 Å². The summed E-state index contributed by atoms with van der Waals surface area (Å²) in [5.41, 5.74) is 10.0. The number of carbonyl (C=O) groups excluding carboxylic acids is 3. The summed E-state index contributed by atoms with van der Waals surface area (Å²) in [4.78, 5) is 53.5. The van der Waals surface area contributed by atoms with Crippen molar-refractivity contribution in [2.24, 2.45) is 16.7 Å². The van der Waals surface area contributed by atoms with Gasteiger partial charge in [0.25, 0.3) is 11.6 Å². The van der Waals surface area contributed by atoms with Crippen LogP contribution in [0.2, 0.25) is 5.15 Å². The maximum absolute atomic E-state index is 13.0. The molecular weight excluding hydrogens is 754 g/mol. The number of hydrogen-bond donors (Lipinski definition) is 2. The van der Waals surface area contributed by atoms with Crippen LogP contribution in [0.1, 0.15) is 66.6 Å². The molecule has 3 aromatic carbocycles. The summed E-state index contributed by atoms with van der Waals surface area (Å²) >= 11 is 6.43. The quantitative estimate of drug-likeness (QED) is 0.0112. The lowest BCUT2D eigenvalue weighted by atomic mass is 9.98. The van der Waals surface area contributed by atoms with Crippen LogP contribution in [-0.4, -0.2) is 70.9 Å². The van der Waals surface area contributed by atoms with Gasteiger partial charge in [-0.25, -0.2) is 20.4 Å². The molecule has 56 heavy (non-hydrogen) atoms. The van der Waals surface area contributed by atoms with Gasteiger partial charge in [-0.05, 0) is 54.7 Å². The number of amidine groups is 1. The second kappa shape index (κ2) is 22.9. The van der Waals surface area contributed by atoms with E-state index in [0.717, 1.165) is 34.6 Å². The SMILES string of the molecule is CCCCc1nc(Cl)c(C(=O)OC(C)OC)n1Cc1ccc(-c2ccccc2/C(N)=N/N(N)COC(=O)Oc2ccc(CO[N+](=O)[O-])cc2)cc1.CCOC=O. The van der Waals surface area contributed by atoms with E-state index < -0.39 is 30.2 Å². The average Bonchev–Trinajstić information content (AvgIpc) is 3.50. The lowest BCUT2D eigenvalue weighted by Crippen LogP contribution is -2.33. The first-order chi connectivity index (χ1) is 26.9. The van der Waals surface area contributed by atoms with Crippen LogP contribution in [-0.2, 0) is 48.2 Å². The predicted molar refractivity (Wildman–Crippen MR) is 203 cm³/mol. The molecule has 4 rings (SSSR count). The van der Waals surface area contributed by atoms with Gasteiger partial charge in [0, 0.05) is 25.6 Å². The molecule has 18 nitrogen and oxygen atoms in total. The zero-order chi connectivity index (χ0) is 41.0. The number of aromatic nitrogens is 2. The van der Waals surface area contributed by atoms with Gasteiger partial charge in [-0.1, -0.05) is 85.6 Å². The van der Waals surface area contributed by atoms with Gasteiger partial charge in [-0.3, -0.25) is 4.79 Å². The fraction of sp³-hybridized carbons (Fsp3) is 0.324. The van der Waals surface area contributed by atoms with Crippen LogP contribution in [0.4, 0.5) is 4.79 Å². The minimum atomic E-state index is -1.06. The van der Waals surface area contributed by atoms with E-state index in [2.05, 4.69) is 26.6 Å². The number of hydrazine groups is 1. The molecule has 0 aliphatic carbocycles. The third-order valence-electron chi connectivity index (χ3n) is 7.61. The number of imidazole rings is 1. The number of rotatable bonds is 19. The summed E-state index contributed by atoms with van der Waals surface area (Å²) in [5, 5.41) is 14.5. The summed E-state index contributed by atoms with van der Waals surface area (Å²) in [6.45, 7) is 5.94. The lowest BCUT2D eigenvalue weighted by Gasteiger charge is -2.16. The molecule has 19 heteroatoms. The van der Waals surface area contributed by atoms with Crippen molar-refractivity contribution in [1.82, 2.24) is 14.7 Å². The van der Waals surface area contributed by atoms with Crippen molar-refractivity contribution in [3.63, 3.8) is 0 Å². The molecule has 0 aliphatic heterocycles. The highest BCUT2D eigenvalue weighted by atomic mass is 35.5. The molecule has 0 saturated carbocycles. The summed E-state index contributed by atoms with van der Waals surface area (Å²) < 4.78 is 26.5. The Morgan fingerprint density at radius 1 is 1.07 bits per heavy atom. The fourth-order valence-electron chi connectivity index (χ4n) is 4.86. The molecule has 4 N–H and O–H groups in total. The van der Waals surface area contributed by atoms with Crippen molar-refractivity contribution < 1.29 is 48.0 Å². The zero-order valence-electron chi connectivity index (χ0n) is 31.3. The first-order valence-corrected chi connectivity index (χ1v) is 17.6. The number of methoxy groups -OCH3 is 1. The first kappa shape index (κ1) is 44.2. The molecule has 0 radical (unpaired) electrons. The first-order valence-electron chi connectivity index (χ1n) is 17.2. The number of nitrogens with zero attached hydrogens (tertiary/aromatic N) is 5. The Hall–Kier alpha value is -6.24. The normalized spacial score (nSPS) is 11.4. The Morgan fingerprint density at radius 3 is 2.36 bits per heavy atom. The lowest BCUT2D eigenvalue weighted by molar-refractivity contribution is -0.763. The summed E-state index contributed by atoms with van der Waals surface area (Å²) in [6.07, 6.45) is 0.629. The van der Waals surface area contributed by atoms with Gasteiger partial charge in [-0.2, -0.15) is 5.12 Å². The van der Waals surface area contributed by atoms with Crippen molar-refractivity contribution in [1.29, 1.82) is 0 Å². The summed E-state index contributed by atoms with van der Waals surface area (Å²) in [6, 6.07) is 20.8. The van der Waals surface area contributed by atoms with Crippen LogP contribution in [0.5, 0.6) is 5.75 Å². The second-order valence-electron chi connectivity index (χ2n) is 11.6. The topological polar surface area (TPSA) is 235 Å².